The van der Waals surface area contributed by atoms with Gasteiger partial charge in [0.15, 0.2) is 0 Å². The molecule has 9 nitrogen and oxygen atoms in total. The van der Waals surface area contributed by atoms with Gasteiger partial charge in [0.05, 0.1) is 5.56 Å². The van der Waals surface area contributed by atoms with Crippen LogP contribution in [0.25, 0.3) is 0 Å². The Kier molecular flexibility index (Phi) is 10.4. The Hall–Kier alpha value is -3.51. The number of aliphatic carboxylic acids is 2. The third kappa shape index (κ3) is 8.79. The van der Waals surface area contributed by atoms with Crippen LogP contribution in [0.3, 0.4) is 0 Å². The second-order valence-electron chi connectivity index (χ2n) is 7.10. The minimum atomic E-state index is -1.26. The average molecular weight is 499 g/mol. The molecule has 34 heavy (non-hydrogen) atoms. The van der Waals surface area contributed by atoms with Crippen LogP contribution in [-0.4, -0.2) is 58.8 Å². The number of ether oxygens (including phenoxy) is 2. The topological polar surface area (TPSA) is 125 Å². The fourth-order valence-electron chi connectivity index (χ4n) is 2.81. The zero-order valence-electron chi connectivity index (χ0n) is 18.2. The Morgan fingerprint density at radius 1 is 1.18 bits per heavy atom. The van der Waals surface area contributed by atoms with E-state index >= 15 is 0 Å². The zero-order valence-corrected chi connectivity index (χ0v) is 19.0. The van der Waals surface area contributed by atoms with E-state index in [1.54, 1.807) is 4.90 Å². The van der Waals surface area contributed by atoms with Crippen molar-refractivity contribution >= 4 is 29.4 Å². The Balaban J connectivity index is 0.000000440. The number of nitrogens with one attached hydrogen (secondary N) is 1. The van der Waals surface area contributed by atoms with E-state index in [1.807, 2.05) is 23.8 Å². The monoisotopic (exact) mass is 498 g/mol. The smallest absolute Gasteiger partial charge is 0.410 e. The van der Waals surface area contributed by atoms with Crippen LogP contribution in [0, 0.1) is 11.6 Å². The first kappa shape index (κ1) is 26.7. The first-order valence-corrected chi connectivity index (χ1v) is 11.0. The van der Waals surface area contributed by atoms with Crippen molar-refractivity contribution in [2.75, 3.05) is 19.6 Å². The third-order valence-electron chi connectivity index (χ3n) is 4.54. The molecule has 1 fully saturated rings. The van der Waals surface area contributed by atoms with Gasteiger partial charge in [-0.1, -0.05) is 0 Å². The predicted octanol–water partition coefficient (Wildman–Crippen LogP) is 3.25. The molecule has 1 atom stereocenters. The van der Waals surface area contributed by atoms with Gasteiger partial charge >= 0.3 is 18.0 Å². The average Bonchev–Trinajstić information content (AvgIpc) is 3.30. The second kappa shape index (κ2) is 13.3. The van der Waals surface area contributed by atoms with Crippen molar-refractivity contribution < 1.29 is 42.9 Å². The van der Waals surface area contributed by atoms with Crippen LogP contribution in [0.5, 0.6) is 5.75 Å². The Morgan fingerprint density at radius 3 is 2.35 bits per heavy atom. The van der Waals surface area contributed by atoms with Gasteiger partial charge in [-0.2, -0.15) is 11.3 Å². The maximum Gasteiger partial charge on any atom is 0.410 e. The highest BCUT2D eigenvalue weighted by Crippen LogP contribution is 2.23. The lowest BCUT2D eigenvalue weighted by atomic mass is 10.2. The van der Waals surface area contributed by atoms with Gasteiger partial charge in [-0.25, -0.2) is 23.2 Å². The van der Waals surface area contributed by atoms with E-state index < -0.39 is 36.3 Å². The molecule has 1 aliphatic heterocycles. The van der Waals surface area contributed by atoms with Gasteiger partial charge in [0.2, 0.25) is 0 Å². The molecule has 1 aromatic heterocycles. The molecule has 1 aliphatic rings. The van der Waals surface area contributed by atoms with Gasteiger partial charge in [-0.15, -0.1) is 0 Å². The van der Waals surface area contributed by atoms with Crippen LogP contribution in [0.2, 0.25) is 0 Å². The van der Waals surface area contributed by atoms with Crippen LogP contribution < -0.4 is 10.1 Å². The molecule has 3 N–H and O–H groups in total. The number of rotatable bonds is 7. The van der Waals surface area contributed by atoms with Gasteiger partial charge in [0.1, 0.15) is 30.6 Å². The van der Waals surface area contributed by atoms with E-state index in [-0.39, 0.29) is 24.0 Å². The molecule has 1 saturated heterocycles. The summed E-state index contributed by atoms with van der Waals surface area (Å²) in [5.74, 6) is -4.02. The van der Waals surface area contributed by atoms with Gasteiger partial charge in [0, 0.05) is 50.0 Å². The maximum absolute atomic E-state index is 14.2. The number of carbonyl (C=O) groups excluding carboxylic acids is 1. The summed E-state index contributed by atoms with van der Waals surface area (Å²) in [6.45, 7) is 3.48. The molecule has 2 aromatic rings. The summed E-state index contributed by atoms with van der Waals surface area (Å²) in [7, 11) is 0. The van der Waals surface area contributed by atoms with Gasteiger partial charge < -0.3 is 29.9 Å². The molecule has 1 amide bonds. The summed E-state index contributed by atoms with van der Waals surface area (Å²) in [6, 6.07) is 4.05. The number of hydrogen-bond donors (Lipinski definition) is 3. The number of nitrogens with zero attached hydrogens (tertiary/aromatic N) is 1. The number of halogens is 2. The predicted molar refractivity (Wildman–Crippen MR) is 119 cm³/mol. The van der Waals surface area contributed by atoms with Gasteiger partial charge in [-0.05, 0) is 29.3 Å². The quantitative estimate of drug-likeness (QED) is 0.497. The molecule has 0 aliphatic carbocycles. The summed E-state index contributed by atoms with van der Waals surface area (Å²) in [5.41, 5.74) is 0.642. The van der Waals surface area contributed by atoms with Gasteiger partial charge in [-0.3, -0.25) is 0 Å². The fraction of sp³-hybridized carbons (Fsp3) is 0.318. The van der Waals surface area contributed by atoms with Crippen LogP contribution in [-0.2, 0) is 27.5 Å². The largest absolute Gasteiger partial charge is 0.489 e. The SMILES string of the molecule is CC1CNCCN1C(=O)OCc1c(F)cc(OCc2ccsc2)cc1F.O=C(O)C=CC(=O)O. The summed E-state index contributed by atoms with van der Waals surface area (Å²) >= 11 is 1.52. The van der Waals surface area contributed by atoms with Crippen molar-refractivity contribution in [1.29, 1.82) is 0 Å². The standard InChI is InChI=1S/C18H20F2N2O3S.C4H4O4/c1-12-8-21-3-4-22(12)18(23)25-10-15-16(19)6-14(7-17(15)20)24-9-13-2-5-26-11-13;5-3(6)1-2-4(7)8/h2,5-7,11-12,21H,3-4,8-10H2,1H3;1-2H,(H,5,6)(H,7,8). The van der Waals surface area contributed by atoms with Crippen molar-refractivity contribution in [2.24, 2.45) is 0 Å². The van der Waals surface area contributed by atoms with E-state index in [0.29, 0.717) is 31.8 Å². The highest BCUT2D eigenvalue weighted by atomic mass is 32.1. The molecule has 12 heteroatoms. The third-order valence-corrected chi connectivity index (χ3v) is 5.28. The Bertz CT molecular complexity index is 976. The van der Waals surface area contributed by atoms with Gasteiger partial charge in [0.25, 0.3) is 0 Å². The number of carboxylic acids is 2. The minimum Gasteiger partial charge on any atom is -0.489 e. The molecule has 1 unspecified atom stereocenters. The Morgan fingerprint density at radius 2 is 1.82 bits per heavy atom. The number of hydrogen-bond acceptors (Lipinski definition) is 7. The highest BCUT2D eigenvalue weighted by molar-refractivity contribution is 7.07. The number of benzene rings is 1. The van der Waals surface area contributed by atoms with Crippen LogP contribution in [0.1, 0.15) is 18.1 Å². The highest BCUT2D eigenvalue weighted by Gasteiger charge is 2.25. The minimum absolute atomic E-state index is 0.0289. The lowest BCUT2D eigenvalue weighted by Gasteiger charge is -2.33. The number of carbonyl (C=O) groups is 3. The van der Waals surface area contributed by atoms with Crippen LogP contribution >= 0.6 is 11.3 Å². The van der Waals surface area contributed by atoms with E-state index in [2.05, 4.69) is 5.32 Å². The van der Waals surface area contributed by atoms with Crippen molar-refractivity contribution in [2.45, 2.75) is 26.2 Å². The number of piperazine rings is 1. The van der Waals surface area contributed by atoms with Crippen LogP contribution in [0.15, 0.2) is 41.1 Å². The Labute approximate surface area is 198 Å². The van der Waals surface area contributed by atoms with Crippen molar-refractivity contribution in [1.82, 2.24) is 10.2 Å². The van der Waals surface area contributed by atoms with E-state index in [9.17, 15) is 23.2 Å². The molecular weight excluding hydrogens is 474 g/mol. The molecule has 0 saturated carbocycles. The summed E-state index contributed by atoms with van der Waals surface area (Å²) < 4.78 is 38.9. The van der Waals surface area contributed by atoms with E-state index in [0.717, 1.165) is 17.7 Å². The van der Waals surface area contributed by atoms with Crippen molar-refractivity contribution in [3.8, 4) is 5.75 Å². The maximum atomic E-state index is 14.2. The summed E-state index contributed by atoms with van der Waals surface area (Å²) in [6.07, 6.45) is 0.542. The number of carboxylic acid groups (broad SMARTS) is 2. The molecule has 0 bridgehead atoms. The van der Waals surface area contributed by atoms with Crippen LogP contribution in [0.4, 0.5) is 13.6 Å². The first-order chi connectivity index (χ1) is 16.2. The number of amides is 1. The summed E-state index contributed by atoms with van der Waals surface area (Å²) in [4.78, 5) is 32.8. The lowest BCUT2D eigenvalue weighted by Crippen LogP contribution is -2.52. The van der Waals surface area contributed by atoms with Crippen molar-refractivity contribution in [3.63, 3.8) is 0 Å². The second-order valence-corrected chi connectivity index (χ2v) is 7.88. The molecule has 1 aromatic carbocycles. The molecule has 2 heterocycles. The first-order valence-electron chi connectivity index (χ1n) is 10.1. The molecule has 0 radical (unpaired) electrons. The zero-order chi connectivity index (χ0) is 25.1. The molecule has 184 valence electrons. The molecular formula is C22H24F2N2O7S. The summed E-state index contributed by atoms with van der Waals surface area (Å²) in [5, 5.41) is 22.6. The number of thiophene rings is 1. The molecule has 0 spiro atoms. The lowest BCUT2D eigenvalue weighted by molar-refractivity contribution is -0.134. The normalized spacial score (nSPS) is 15.4. The fourth-order valence-corrected chi connectivity index (χ4v) is 3.47. The van der Waals surface area contributed by atoms with Crippen molar-refractivity contribution in [3.05, 3.63) is 63.9 Å². The molecule has 3 rings (SSSR count). The van der Waals surface area contributed by atoms with E-state index in [4.69, 9.17) is 19.7 Å². The van der Waals surface area contributed by atoms with E-state index in [1.165, 1.54) is 11.3 Å².